The Hall–Kier alpha value is -0.0800. The summed E-state index contributed by atoms with van der Waals surface area (Å²) in [5, 5.41) is 3.78. The third-order valence-corrected chi connectivity index (χ3v) is 4.92. The second-order valence-electron chi connectivity index (χ2n) is 8.00. The van der Waals surface area contributed by atoms with Crippen LogP contribution in [0.15, 0.2) is 0 Å². The Labute approximate surface area is 120 Å². The van der Waals surface area contributed by atoms with E-state index in [9.17, 15) is 0 Å². The molecule has 1 aliphatic carbocycles. The summed E-state index contributed by atoms with van der Waals surface area (Å²) in [4.78, 5) is 2.77. The minimum Gasteiger partial charge on any atom is -0.311 e. The zero-order valence-corrected chi connectivity index (χ0v) is 13.4. The van der Waals surface area contributed by atoms with Crippen molar-refractivity contribution in [1.29, 1.82) is 0 Å². The van der Waals surface area contributed by atoms with Gasteiger partial charge < -0.3 is 10.2 Å². The number of hydrogen-bond donors (Lipinski definition) is 1. The lowest BCUT2D eigenvalue weighted by molar-refractivity contribution is 0.143. The smallest absolute Gasteiger partial charge is 0.00967 e. The highest BCUT2D eigenvalue weighted by Crippen LogP contribution is 2.39. The topological polar surface area (TPSA) is 15.3 Å². The monoisotopic (exact) mass is 266 g/mol. The van der Waals surface area contributed by atoms with Gasteiger partial charge in [0.2, 0.25) is 0 Å². The van der Waals surface area contributed by atoms with Gasteiger partial charge in [0.15, 0.2) is 0 Å². The van der Waals surface area contributed by atoms with Crippen molar-refractivity contribution in [2.45, 2.75) is 77.7 Å². The number of hydrogen-bond acceptors (Lipinski definition) is 2. The Morgan fingerprint density at radius 1 is 0.895 bits per heavy atom. The molecule has 0 atom stereocenters. The van der Waals surface area contributed by atoms with Crippen LogP contribution < -0.4 is 5.32 Å². The molecule has 19 heavy (non-hydrogen) atoms. The van der Waals surface area contributed by atoms with Crippen LogP contribution >= 0.6 is 0 Å². The van der Waals surface area contributed by atoms with E-state index in [1.807, 2.05) is 0 Å². The number of rotatable bonds is 4. The zero-order chi connectivity index (χ0) is 13.8. The summed E-state index contributed by atoms with van der Waals surface area (Å²) in [7, 11) is 0. The van der Waals surface area contributed by atoms with Crippen molar-refractivity contribution in [3.05, 3.63) is 0 Å². The summed E-state index contributed by atoms with van der Waals surface area (Å²) in [6, 6.07) is 0. The van der Waals surface area contributed by atoms with E-state index in [0.29, 0.717) is 5.41 Å². The highest BCUT2D eigenvalue weighted by molar-refractivity contribution is 4.91. The van der Waals surface area contributed by atoms with Crippen molar-refractivity contribution >= 4 is 0 Å². The Bertz CT molecular complexity index is 253. The fraction of sp³-hybridized carbons (Fsp3) is 1.00. The fourth-order valence-corrected chi connectivity index (χ4v) is 3.74. The first-order valence-corrected chi connectivity index (χ1v) is 8.47. The van der Waals surface area contributed by atoms with Gasteiger partial charge in [-0.15, -0.1) is 0 Å². The van der Waals surface area contributed by atoms with Crippen LogP contribution in [0.5, 0.6) is 0 Å². The maximum Gasteiger partial charge on any atom is 0.00967 e. The van der Waals surface area contributed by atoms with Gasteiger partial charge in [-0.25, -0.2) is 0 Å². The van der Waals surface area contributed by atoms with E-state index in [1.54, 1.807) is 0 Å². The van der Waals surface area contributed by atoms with E-state index >= 15 is 0 Å². The van der Waals surface area contributed by atoms with Crippen LogP contribution in [0.25, 0.3) is 0 Å². The highest BCUT2D eigenvalue weighted by atomic mass is 15.1. The maximum absolute atomic E-state index is 3.78. The van der Waals surface area contributed by atoms with E-state index in [1.165, 1.54) is 77.5 Å². The lowest BCUT2D eigenvalue weighted by Gasteiger charge is -2.37. The van der Waals surface area contributed by atoms with Gasteiger partial charge in [-0.3, -0.25) is 0 Å². The molecule has 1 heterocycles. The minimum absolute atomic E-state index is 0.258. The quantitative estimate of drug-likeness (QED) is 0.832. The van der Waals surface area contributed by atoms with Crippen LogP contribution in [0.3, 0.4) is 0 Å². The van der Waals surface area contributed by atoms with Crippen LogP contribution in [-0.4, -0.2) is 36.6 Å². The Balaban J connectivity index is 1.90. The first kappa shape index (κ1) is 15.3. The summed E-state index contributed by atoms with van der Waals surface area (Å²) >= 11 is 0. The number of likely N-dealkylation sites (tertiary alicyclic amines) is 1. The maximum atomic E-state index is 3.78. The summed E-state index contributed by atoms with van der Waals surface area (Å²) < 4.78 is 0. The molecular weight excluding hydrogens is 232 g/mol. The Morgan fingerprint density at radius 2 is 1.47 bits per heavy atom. The molecular formula is C17H34N2. The van der Waals surface area contributed by atoms with Gasteiger partial charge in [-0.1, -0.05) is 25.7 Å². The molecule has 0 spiro atoms. The summed E-state index contributed by atoms with van der Waals surface area (Å²) in [5.74, 6) is 0. The van der Waals surface area contributed by atoms with Crippen LogP contribution in [0, 0.1) is 5.41 Å². The largest absolute Gasteiger partial charge is 0.311 e. The molecule has 1 N–H and O–H groups in total. The van der Waals surface area contributed by atoms with Gasteiger partial charge in [-0.05, 0) is 65.0 Å². The molecule has 0 unspecified atom stereocenters. The first-order valence-electron chi connectivity index (χ1n) is 8.47. The molecule has 0 aromatic rings. The van der Waals surface area contributed by atoms with Crippen LogP contribution in [-0.2, 0) is 0 Å². The molecule has 0 bridgehead atoms. The van der Waals surface area contributed by atoms with Gasteiger partial charge in [0, 0.05) is 18.6 Å². The van der Waals surface area contributed by atoms with Crippen LogP contribution in [0.1, 0.15) is 72.1 Å². The van der Waals surface area contributed by atoms with Crippen LogP contribution in [0.4, 0.5) is 0 Å². The predicted octanol–water partition coefficient (Wildman–Crippen LogP) is 3.81. The van der Waals surface area contributed by atoms with Gasteiger partial charge in [0.25, 0.3) is 0 Å². The normalized spacial score (nSPS) is 25.4. The molecule has 2 fully saturated rings. The van der Waals surface area contributed by atoms with Crippen molar-refractivity contribution in [3.63, 3.8) is 0 Å². The number of nitrogens with one attached hydrogen (secondary N) is 1. The minimum atomic E-state index is 0.258. The molecule has 2 heteroatoms. The van der Waals surface area contributed by atoms with Crippen LogP contribution in [0.2, 0.25) is 0 Å². The van der Waals surface area contributed by atoms with Crippen molar-refractivity contribution < 1.29 is 0 Å². The molecule has 112 valence electrons. The highest BCUT2D eigenvalue weighted by Gasteiger charge is 2.36. The summed E-state index contributed by atoms with van der Waals surface area (Å²) in [6.45, 7) is 12.1. The van der Waals surface area contributed by atoms with E-state index in [4.69, 9.17) is 0 Å². The first-order chi connectivity index (χ1) is 8.99. The SMILES string of the molecule is CC(C)(C)NCC1(CN2CCCCCC2)CCCC1. The van der Waals surface area contributed by atoms with Gasteiger partial charge in [-0.2, -0.15) is 0 Å². The standard InChI is InChI=1S/C17H34N2/c1-16(2,3)18-14-17(10-6-7-11-17)15-19-12-8-4-5-9-13-19/h18H,4-15H2,1-3H3. The molecule has 2 nitrogen and oxygen atoms in total. The van der Waals surface area contributed by atoms with Crippen molar-refractivity contribution in [2.24, 2.45) is 5.41 Å². The second-order valence-corrected chi connectivity index (χ2v) is 8.00. The average Bonchev–Trinajstić information content (AvgIpc) is 2.64. The van der Waals surface area contributed by atoms with Gasteiger partial charge in [0.05, 0.1) is 0 Å². The molecule has 2 aliphatic rings. The molecule has 0 amide bonds. The lowest BCUT2D eigenvalue weighted by atomic mass is 9.84. The molecule has 0 aromatic carbocycles. The van der Waals surface area contributed by atoms with E-state index in [2.05, 4.69) is 31.0 Å². The molecule has 0 aromatic heterocycles. The fourth-order valence-electron chi connectivity index (χ4n) is 3.74. The third-order valence-electron chi connectivity index (χ3n) is 4.92. The van der Waals surface area contributed by atoms with E-state index < -0.39 is 0 Å². The molecule has 0 radical (unpaired) electrons. The lowest BCUT2D eigenvalue weighted by Crippen LogP contribution is -2.48. The molecule has 2 rings (SSSR count). The van der Waals surface area contributed by atoms with Crippen molar-refractivity contribution in [1.82, 2.24) is 10.2 Å². The van der Waals surface area contributed by atoms with Gasteiger partial charge >= 0.3 is 0 Å². The third kappa shape index (κ3) is 5.07. The summed E-state index contributed by atoms with van der Waals surface area (Å²) in [6.07, 6.45) is 11.5. The molecule has 1 saturated heterocycles. The Morgan fingerprint density at radius 3 is 2.00 bits per heavy atom. The second kappa shape index (κ2) is 6.58. The molecule has 1 saturated carbocycles. The zero-order valence-electron chi connectivity index (χ0n) is 13.4. The van der Waals surface area contributed by atoms with E-state index in [-0.39, 0.29) is 5.54 Å². The van der Waals surface area contributed by atoms with Crippen molar-refractivity contribution in [2.75, 3.05) is 26.2 Å². The molecule has 1 aliphatic heterocycles. The number of nitrogens with zero attached hydrogens (tertiary/aromatic N) is 1. The van der Waals surface area contributed by atoms with Crippen molar-refractivity contribution in [3.8, 4) is 0 Å². The van der Waals surface area contributed by atoms with Gasteiger partial charge in [0.1, 0.15) is 0 Å². The average molecular weight is 266 g/mol. The summed E-state index contributed by atoms with van der Waals surface area (Å²) in [5.41, 5.74) is 0.825. The predicted molar refractivity (Wildman–Crippen MR) is 83.6 cm³/mol. The van der Waals surface area contributed by atoms with E-state index in [0.717, 1.165) is 0 Å². The Kier molecular flexibility index (Phi) is 5.30.